The highest BCUT2D eigenvalue weighted by molar-refractivity contribution is 5.05. The second-order valence-corrected chi connectivity index (χ2v) is 5.14. The van der Waals surface area contributed by atoms with Crippen molar-refractivity contribution in [2.24, 2.45) is 0 Å². The topological polar surface area (TPSA) is 57.0 Å². The Kier molecular flexibility index (Phi) is 3.83. The van der Waals surface area contributed by atoms with Crippen molar-refractivity contribution in [3.63, 3.8) is 0 Å². The van der Waals surface area contributed by atoms with Crippen LogP contribution in [0.25, 0.3) is 0 Å². The molecule has 1 aromatic heterocycles. The van der Waals surface area contributed by atoms with Gasteiger partial charge in [0.1, 0.15) is 6.61 Å². The van der Waals surface area contributed by atoms with Gasteiger partial charge in [0.25, 0.3) is 0 Å². The fourth-order valence-electron chi connectivity index (χ4n) is 2.81. The maximum absolute atomic E-state index is 5.77. The number of ether oxygens (including phenoxy) is 3. The van der Waals surface area contributed by atoms with Crippen molar-refractivity contribution in [1.29, 1.82) is 0 Å². The van der Waals surface area contributed by atoms with Gasteiger partial charge in [-0.2, -0.15) is 0 Å². The average molecular weight is 268 g/mol. The van der Waals surface area contributed by atoms with Crippen molar-refractivity contribution in [3.05, 3.63) is 17.5 Å². The highest BCUT2D eigenvalue weighted by atomic mass is 16.7. The Balaban J connectivity index is 1.59. The Bertz CT molecular complexity index is 415. The van der Waals surface area contributed by atoms with Crippen molar-refractivity contribution in [1.82, 2.24) is 10.1 Å². The highest BCUT2D eigenvalue weighted by Gasteiger charge is 2.40. The minimum atomic E-state index is -0.378. The lowest BCUT2D eigenvalue weighted by Crippen LogP contribution is -2.48. The normalized spacial score (nSPS) is 23.2. The number of rotatable bonds is 4. The summed E-state index contributed by atoms with van der Waals surface area (Å²) in [5, 5.41) is 4.07. The lowest BCUT2D eigenvalue weighted by molar-refractivity contribution is -0.190. The molecule has 0 aromatic carbocycles. The predicted molar refractivity (Wildman–Crippen MR) is 66.4 cm³/mol. The fourth-order valence-corrected chi connectivity index (χ4v) is 2.81. The van der Waals surface area contributed by atoms with Crippen LogP contribution in [0.5, 0.6) is 0 Å². The summed E-state index contributed by atoms with van der Waals surface area (Å²) in [4.78, 5) is 2.31. The summed E-state index contributed by atoms with van der Waals surface area (Å²) in [7, 11) is 1.64. The van der Waals surface area contributed by atoms with E-state index in [-0.39, 0.29) is 5.79 Å². The van der Waals surface area contributed by atoms with Gasteiger partial charge in [0.05, 0.1) is 25.5 Å². The van der Waals surface area contributed by atoms with Crippen molar-refractivity contribution in [3.8, 4) is 0 Å². The molecule has 0 amide bonds. The van der Waals surface area contributed by atoms with Crippen LogP contribution in [-0.2, 0) is 27.4 Å². The number of hydrogen-bond donors (Lipinski definition) is 0. The Morgan fingerprint density at radius 1 is 1.42 bits per heavy atom. The molecule has 6 nitrogen and oxygen atoms in total. The average Bonchev–Trinajstić information content (AvgIpc) is 3.01. The lowest BCUT2D eigenvalue weighted by atomic mass is 10.0. The molecule has 2 saturated heterocycles. The van der Waals surface area contributed by atoms with Crippen LogP contribution in [0, 0.1) is 0 Å². The van der Waals surface area contributed by atoms with Crippen LogP contribution in [0.3, 0.4) is 0 Å². The molecule has 0 atom stereocenters. The van der Waals surface area contributed by atoms with E-state index in [0.717, 1.165) is 43.9 Å². The summed E-state index contributed by atoms with van der Waals surface area (Å²) in [5.41, 5.74) is 0.932. The van der Waals surface area contributed by atoms with E-state index in [1.165, 1.54) is 0 Å². The summed E-state index contributed by atoms with van der Waals surface area (Å²) >= 11 is 0. The van der Waals surface area contributed by atoms with E-state index < -0.39 is 0 Å². The van der Waals surface area contributed by atoms with Crippen molar-refractivity contribution in [2.45, 2.75) is 31.8 Å². The molecule has 0 bridgehead atoms. The summed E-state index contributed by atoms with van der Waals surface area (Å²) in [6, 6.07) is 1.95. The third-order valence-electron chi connectivity index (χ3n) is 3.59. The van der Waals surface area contributed by atoms with Crippen LogP contribution < -0.4 is 0 Å². The van der Waals surface area contributed by atoms with Crippen LogP contribution in [0.4, 0.5) is 0 Å². The molecule has 3 heterocycles. The Morgan fingerprint density at radius 2 is 2.26 bits per heavy atom. The molecule has 0 aliphatic carbocycles. The minimum absolute atomic E-state index is 0.378. The van der Waals surface area contributed by atoms with E-state index in [2.05, 4.69) is 10.1 Å². The fraction of sp³-hybridized carbons (Fsp3) is 0.769. The van der Waals surface area contributed by atoms with Gasteiger partial charge in [0.2, 0.25) is 0 Å². The number of likely N-dealkylation sites (tertiary alicyclic amines) is 1. The van der Waals surface area contributed by atoms with Crippen LogP contribution in [0.2, 0.25) is 0 Å². The number of hydrogen-bond acceptors (Lipinski definition) is 6. The van der Waals surface area contributed by atoms with E-state index in [1.807, 2.05) is 6.07 Å². The van der Waals surface area contributed by atoms with Crippen LogP contribution in [0.15, 0.2) is 10.6 Å². The molecule has 19 heavy (non-hydrogen) atoms. The van der Waals surface area contributed by atoms with Crippen LogP contribution in [0.1, 0.15) is 24.3 Å². The first-order valence-corrected chi connectivity index (χ1v) is 6.73. The van der Waals surface area contributed by atoms with Gasteiger partial charge in [-0.05, 0) is 13.0 Å². The van der Waals surface area contributed by atoms with Crippen LogP contribution >= 0.6 is 0 Å². The third-order valence-corrected chi connectivity index (χ3v) is 3.59. The van der Waals surface area contributed by atoms with Gasteiger partial charge in [0.15, 0.2) is 11.5 Å². The molecule has 0 unspecified atom stereocenters. The molecule has 1 spiro atoms. The van der Waals surface area contributed by atoms with Crippen molar-refractivity contribution in [2.75, 3.05) is 33.4 Å². The summed E-state index contributed by atoms with van der Waals surface area (Å²) < 4.78 is 21.8. The molecule has 0 saturated carbocycles. The third kappa shape index (κ3) is 2.97. The number of methoxy groups -OCH3 is 1. The smallest absolute Gasteiger partial charge is 0.181 e. The van der Waals surface area contributed by atoms with E-state index in [1.54, 1.807) is 7.11 Å². The second kappa shape index (κ2) is 5.58. The summed E-state index contributed by atoms with van der Waals surface area (Å²) in [5.74, 6) is 0.384. The monoisotopic (exact) mass is 268 g/mol. The Morgan fingerprint density at radius 3 is 3.05 bits per heavy atom. The van der Waals surface area contributed by atoms with Crippen LogP contribution in [-0.4, -0.2) is 49.3 Å². The van der Waals surface area contributed by atoms with Gasteiger partial charge in [0, 0.05) is 26.1 Å². The number of nitrogens with zero attached hydrogens (tertiary/aromatic N) is 2. The van der Waals surface area contributed by atoms with Gasteiger partial charge in [-0.1, -0.05) is 5.16 Å². The lowest BCUT2D eigenvalue weighted by Gasteiger charge is -2.38. The van der Waals surface area contributed by atoms with Gasteiger partial charge >= 0.3 is 0 Å². The summed E-state index contributed by atoms with van der Waals surface area (Å²) in [6.07, 6.45) is 2.07. The molecule has 2 fully saturated rings. The molecule has 2 aliphatic heterocycles. The first-order valence-electron chi connectivity index (χ1n) is 6.73. The Labute approximate surface area is 112 Å². The standard InChI is InChI=1S/C13H20N2O4/c1-16-9-12-7-11(14-19-12)8-15-4-2-3-13(10-15)17-5-6-18-13/h7H,2-6,8-10H2,1H3. The highest BCUT2D eigenvalue weighted by Crippen LogP contribution is 2.30. The SMILES string of the molecule is COCc1cc(CN2CCCC3(C2)OCCO3)no1. The largest absolute Gasteiger partial charge is 0.377 e. The van der Waals surface area contributed by atoms with E-state index in [9.17, 15) is 0 Å². The molecular formula is C13H20N2O4. The molecular weight excluding hydrogens is 248 g/mol. The maximum atomic E-state index is 5.77. The molecule has 6 heteroatoms. The molecule has 106 valence electrons. The maximum Gasteiger partial charge on any atom is 0.181 e. The molecule has 3 rings (SSSR count). The van der Waals surface area contributed by atoms with E-state index >= 15 is 0 Å². The number of aromatic nitrogens is 1. The zero-order valence-corrected chi connectivity index (χ0v) is 11.3. The Hall–Kier alpha value is -0.950. The summed E-state index contributed by atoms with van der Waals surface area (Å²) in [6.45, 7) is 4.48. The van der Waals surface area contributed by atoms with Gasteiger partial charge in [-0.25, -0.2) is 0 Å². The van der Waals surface area contributed by atoms with E-state index in [4.69, 9.17) is 18.7 Å². The van der Waals surface area contributed by atoms with E-state index in [0.29, 0.717) is 19.8 Å². The molecule has 2 aliphatic rings. The van der Waals surface area contributed by atoms with Gasteiger partial charge < -0.3 is 18.7 Å². The predicted octanol–water partition coefficient (Wildman–Crippen LogP) is 1.16. The zero-order valence-electron chi connectivity index (χ0n) is 11.3. The van der Waals surface area contributed by atoms with Gasteiger partial charge in [-0.15, -0.1) is 0 Å². The van der Waals surface area contributed by atoms with Gasteiger partial charge in [-0.3, -0.25) is 4.90 Å². The first-order chi connectivity index (χ1) is 9.30. The molecule has 1 aromatic rings. The molecule has 0 N–H and O–H groups in total. The first kappa shape index (κ1) is 13.1. The van der Waals surface area contributed by atoms with Crippen molar-refractivity contribution >= 4 is 0 Å². The number of piperidine rings is 1. The second-order valence-electron chi connectivity index (χ2n) is 5.14. The molecule has 0 radical (unpaired) electrons. The van der Waals surface area contributed by atoms with Crippen molar-refractivity contribution < 1.29 is 18.7 Å². The quantitative estimate of drug-likeness (QED) is 0.816. The minimum Gasteiger partial charge on any atom is -0.377 e. The zero-order chi connectivity index (χ0) is 13.1.